The van der Waals surface area contributed by atoms with Gasteiger partial charge in [-0.25, -0.2) is 9.78 Å². The molecular weight excluding hydrogens is 506 g/mol. The zero-order valence-electron chi connectivity index (χ0n) is 22.0. The third-order valence-corrected chi connectivity index (χ3v) is 8.55. The zero-order valence-corrected chi connectivity index (χ0v) is 23.5. The van der Waals surface area contributed by atoms with Crippen LogP contribution in [0.25, 0.3) is 0 Å². The molecule has 9 heteroatoms. The van der Waals surface area contributed by atoms with Gasteiger partial charge in [-0.3, -0.25) is 0 Å². The van der Waals surface area contributed by atoms with Crippen molar-refractivity contribution >= 4 is 34.1 Å². The lowest BCUT2D eigenvalue weighted by molar-refractivity contribution is -0.00556. The van der Waals surface area contributed by atoms with Crippen molar-refractivity contribution in [2.45, 2.75) is 63.5 Å². The summed E-state index contributed by atoms with van der Waals surface area (Å²) >= 11 is 7.93. The number of benzene rings is 1. The lowest BCUT2D eigenvalue weighted by atomic mass is 9.85. The fraction of sp³-hybridized carbons (Fsp3) is 0.643. The Bertz CT molecular complexity index is 940. The Labute approximate surface area is 230 Å². The average Bonchev–Trinajstić information content (AvgIpc) is 3.43. The third-order valence-electron chi connectivity index (χ3n) is 7.58. The van der Waals surface area contributed by atoms with E-state index in [1.807, 2.05) is 35.5 Å². The number of carbonyl (C=O) groups is 1. The number of thiazole rings is 1. The predicted molar refractivity (Wildman–Crippen MR) is 152 cm³/mol. The van der Waals surface area contributed by atoms with Gasteiger partial charge < -0.3 is 25.6 Å². The van der Waals surface area contributed by atoms with Gasteiger partial charge in [0.2, 0.25) is 0 Å². The van der Waals surface area contributed by atoms with Crippen molar-refractivity contribution in [3.8, 4) is 0 Å². The van der Waals surface area contributed by atoms with Crippen LogP contribution < -0.4 is 16.0 Å². The molecule has 1 aliphatic heterocycles. The van der Waals surface area contributed by atoms with Gasteiger partial charge in [0.05, 0.1) is 12.7 Å². The Balaban J connectivity index is 1.36. The van der Waals surface area contributed by atoms with Crippen LogP contribution >= 0.6 is 22.9 Å². The summed E-state index contributed by atoms with van der Waals surface area (Å²) in [6.45, 7) is 3.49. The number of anilines is 1. The van der Waals surface area contributed by atoms with E-state index < -0.39 is 0 Å². The highest BCUT2D eigenvalue weighted by atomic mass is 35.5. The molecule has 1 aliphatic carbocycles. The Morgan fingerprint density at radius 3 is 2.86 bits per heavy atom. The van der Waals surface area contributed by atoms with Gasteiger partial charge in [0, 0.05) is 54.7 Å². The Morgan fingerprint density at radius 1 is 1.24 bits per heavy atom. The van der Waals surface area contributed by atoms with Crippen LogP contribution in [0.1, 0.15) is 63.0 Å². The average molecular weight is 548 g/mol. The molecule has 2 fully saturated rings. The first-order valence-corrected chi connectivity index (χ1v) is 15.1. The number of carbonyl (C=O) groups excluding carboxylic acids is 1. The van der Waals surface area contributed by atoms with Crippen LogP contribution in [0.3, 0.4) is 0 Å². The number of likely N-dealkylation sites (tertiary alicyclic amines) is 1. The van der Waals surface area contributed by atoms with Crippen LogP contribution in [0, 0.1) is 11.8 Å². The van der Waals surface area contributed by atoms with Gasteiger partial charge >= 0.3 is 6.03 Å². The molecule has 7 nitrogen and oxygen atoms in total. The molecule has 1 aromatic heterocycles. The number of aromatic nitrogens is 1. The van der Waals surface area contributed by atoms with Crippen molar-refractivity contribution in [3.63, 3.8) is 0 Å². The third kappa shape index (κ3) is 8.84. The van der Waals surface area contributed by atoms with E-state index in [0.717, 1.165) is 49.0 Å². The standard InChI is InChI=1S/C28H42ClN5O2S/c1-30-19-25(17-21-7-3-2-4-8-21)33-28(35)34-14-6-10-23(20-34)26(22-9-5-11-24(29)18-22)36-15-12-31-27-32-13-16-37-27/h5,9,11,13,16,18,21,23,25-26,30H,2-4,6-8,10,12,14-15,17,19-20H2,1H3,(H,31,32)(H,33,35)/t23?,25?,26-/m0/s1. The molecule has 3 N–H and O–H groups in total. The summed E-state index contributed by atoms with van der Waals surface area (Å²) in [4.78, 5) is 19.7. The number of rotatable bonds is 12. The molecular formula is C28H42ClN5O2S. The van der Waals surface area contributed by atoms with Crippen molar-refractivity contribution in [3.05, 3.63) is 46.4 Å². The number of halogens is 1. The Kier molecular flexibility index (Phi) is 11.3. The lowest BCUT2D eigenvalue weighted by Gasteiger charge is -2.38. The summed E-state index contributed by atoms with van der Waals surface area (Å²) in [5.41, 5.74) is 1.07. The van der Waals surface area contributed by atoms with E-state index in [1.165, 1.54) is 32.1 Å². The number of nitrogens with one attached hydrogen (secondary N) is 3. The molecule has 0 spiro atoms. The quantitative estimate of drug-likeness (QED) is 0.286. The maximum atomic E-state index is 13.4. The van der Waals surface area contributed by atoms with Crippen LogP contribution in [-0.4, -0.2) is 61.8 Å². The lowest BCUT2D eigenvalue weighted by Crippen LogP contribution is -2.52. The number of likely N-dealkylation sites (N-methyl/N-ethyl adjacent to an activating group) is 1. The molecule has 1 aromatic carbocycles. The first-order valence-electron chi connectivity index (χ1n) is 13.8. The number of hydrogen-bond donors (Lipinski definition) is 3. The number of urea groups is 1. The highest BCUT2D eigenvalue weighted by Crippen LogP contribution is 2.34. The molecule has 3 atom stereocenters. The Morgan fingerprint density at radius 2 is 2.11 bits per heavy atom. The van der Waals surface area contributed by atoms with Crippen LogP contribution in [0.5, 0.6) is 0 Å². The molecule has 2 aromatic rings. The monoisotopic (exact) mass is 547 g/mol. The van der Waals surface area contributed by atoms with E-state index in [-0.39, 0.29) is 24.1 Å². The molecule has 4 rings (SSSR count). The van der Waals surface area contributed by atoms with E-state index in [2.05, 4.69) is 27.0 Å². The number of amides is 2. The summed E-state index contributed by atoms with van der Waals surface area (Å²) in [5.74, 6) is 0.930. The second kappa shape index (κ2) is 14.9. The summed E-state index contributed by atoms with van der Waals surface area (Å²) in [6.07, 6.45) is 11.3. The highest BCUT2D eigenvalue weighted by Gasteiger charge is 2.32. The summed E-state index contributed by atoms with van der Waals surface area (Å²) < 4.78 is 6.46. The van der Waals surface area contributed by atoms with Crippen molar-refractivity contribution in [2.24, 2.45) is 11.8 Å². The largest absolute Gasteiger partial charge is 0.371 e. The minimum Gasteiger partial charge on any atom is -0.371 e. The topological polar surface area (TPSA) is 78.5 Å². The van der Waals surface area contributed by atoms with Gasteiger partial charge in [-0.2, -0.15) is 0 Å². The predicted octanol–water partition coefficient (Wildman–Crippen LogP) is 5.95. The second-order valence-corrected chi connectivity index (χ2v) is 11.7. The van der Waals surface area contributed by atoms with Crippen LogP contribution in [-0.2, 0) is 4.74 Å². The van der Waals surface area contributed by atoms with Crippen molar-refractivity contribution < 1.29 is 9.53 Å². The number of nitrogens with zero attached hydrogens (tertiary/aromatic N) is 2. The number of ether oxygens (including phenoxy) is 1. The minimum absolute atomic E-state index is 0.0519. The molecule has 37 heavy (non-hydrogen) atoms. The normalized spacial score (nSPS) is 20.4. The van der Waals surface area contributed by atoms with E-state index in [1.54, 1.807) is 17.5 Å². The van der Waals surface area contributed by atoms with Crippen molar-refractivity contribution in [1.82, 2.24) is 20.5 Å². The second-order valence-electron chi connectivity index (χ2n) is 10.4. The summed E-state index contributed by atoms with van der Waals surface area (Å²) in [7, 11) is 1.97. The SMILES string of the molecule is CNCC(CC1CCCCC1)NC(=O)N1CCCC([C@@H](OCCNc2nccs2)c2cccc(Cl)c2)C1. The molecule has 0 bridgehead atoms. The van der Waals surface area contributed by atoms with Gasteiger partial charge in [0.1, 0.15) is 0 Å². The van der Waals surface area contributed by atoms with Crippen LogP contribution in [0.15, 0.2) is 35.8 Å². The summed E-state index contributed by atoms with van der Waals surface area (Å²) in [5, 5.41) is 13.5. The maximum Gasteiger partial charge on any atom is 0.317 e. The number of hydrogen-bond acceptors (Lipinski definition) is 6. The zero-order chi connectivity index (χ0) is 25.9. The highest BCUT2D eigenvalue weighted by molar-refractivity contribution is 7.13. The fourth-order valence-corrected chi connectivity index (χ4v) is 6.57. The molecule has 1 saturated carbocycles. The van der Waals surface area contributed by atoms with Gasteiger partial charge in [-0.1, -0.05) is 55.8 Å². The fourth-order valence-electron chi connectivity index (χ4n) is 5.82. The van der Waals surface area contributed by atoms with E-state index in [0.29, 0.717) is 24.7 Å². The van der Waals surface area contributed by atoms with Crippen LogP contribution in [0.2, 0.25) is 5.02 Å². The van der Waals surface area contributed by atoms with E-state index in [4.69, 9.17) is 16.3 Å². The van der Waals surface area contributed by atoms with Gasteiger partial charge in [0.15, 0.2) is 5.13 Å². The number of piperidine rings is 1. The van der Waals surface area contributed by atoms with Crippen LogP contribution in [0.4, 0.5) is 9.93 Å². The molecule has 2 heterocycles. The van der Waals surface area contributed by atoms with Gasteiger partial charge in [0.25, 0.3) is 0 Å². The maximum absolute atomic E-state index is 13.4. The van der Waals surface area contributed by atoms with E-state index >= 15 is 0 Å². The summed E-state index contributed by atoms with van der Waals surface area (Å²) in [6, 6.07) is 8.15. The smallest absolute Gasteiger partial charge is 0.317 e. The first-order chi connectivity index (χ1) is 18.1. The molecule has 2 aliphatic rings. The molecule has 2 amide bonds. The molecule has 0 radical (unpaired) electrons. The Hall–Kier alpha value is -1.87. The minimum atomic E-state index is -0.122. The van der Waals surface area contributed by atoms with Gasteiger partial charge in [-0.05, 0) is 49.9 Å². The molecule has 2 unspecified atom stereocenters. The molecule has 204 valence electrons. The van der Waals surface area contributed by atoms with Crippen molar-refractivity contribution in [1.29, 1.82) is 0 Å². The van der Waals surface area contributed by atoms with Crippen molar-refractivity contribution in [2.75, 3.05) is 45.2 Å². The first kappa shape index (κ1) is 28.1. The molecule has 1 saturated heterocycles. The van der Waals surface area contributed by atoms with Gasteiger partial charge in [-0.15, -0.1) is 11.3 Å². The van der Waals surface area contributed by atoms with E-state index in [9.17, 15) is 4.79 Å².